The van der Waals surface area contributed by atoms with Crippen molar-refractivity contribution in [3.8, 4) is 11.3 Å². The first-order valence-electron chi connectivity index (χ1n) is 9.96. The largest absolute Gasteiger partial charge is 0.450 e. The number of amides is 2. The van der Waals surface area contributed by atoms with Crippen LogP contribution in [0.1, 0.15) is 46.9 Å². The highest BCUT2D eigenvalue weighted by molar-refractivity contribution is 7.12. The van der Waals surface area contributed by atoms with Gasteiger partial charge in [-0.25, -0.2) is 14.5 Å². The average Bonchev–Trinajstić information content (AvgIpc) is 3.27. The molecule has 160 valence electrons. The van der Waals surface area contributed by atoms with Crippen molar-refractivity contribution < 1.29 is 14.3 Å². The Morgan fingerprint density at radius 1 is 1.20 bits per heavy atom. The lowest BCUT2D eigenvalue weighted by molar-refractivity contribution is 0.0954. The molecule has 3 heterocycles. The fourth-order valence-electron chi connectivity index (χ4n) is 3.22. The number of carbonyl (C=O) groups is 2. The fraction of sp³-hybridized carbons (Fsp3) is 0.429. The highest BCUT2D eigenvalue weighted by Gasteiger charge is 2.19. The van der Waals surface area contributed by atoms with Crippen molar-refractivity contribution in [2.24, 2.45) is 0 Å². The number of nitrogens with zero attached hydrogens (tertiary/aromatic N) is 3. The molecule has 3 aromatic heterocycles. The van der Waals surface area contributed by atoms with E-state index >= 15 is 0 Å². The summed E-state index contributed by atoms with van der Waals surface area (Å²) in [5.74, 6) is -0.234. The van der Waals surface area contributed by atoms with E-state index in [0.717, 1.165) is 16.1 Å². The van der Waals surface area contributed by atoms with Gasteiger partial charge in [0, 0.05) is 34.4 Å². The molecule has 0 saturated carbocycles. The number of aromatic nitrogens is 3. The van der Waals surface area contributed by atoms with Crippen LogP contribution in [0.5, 0.6) is 0 Å². The van der Waals surface area contributed by atoms with Gasteiger partial charge >= 0.3 is 6.09 Å². The summed E-state index contributed by atoms with van der Waals surface area (Å²) in [6, 6.07) is 4.02. The first-order valence-corrected chi connectivity index (χ1v) is 10.8. The molecular weight excluding hydrogens is 402 g/mol. The predicted molar refractivity (Wildman–Crippen MR) is 118 cm³/mol. The van der Waals surface area contributed by atoms with Crippen molar-refractivity contribution in [1.82, 2.24) is 25.4 Å². The molecule has 9 heteroatoms. The van der Waals surface area contributed by atoms with Gasteiger partial charge in [0.1, 0.15) is 0 Å². The van der Waals surface area contributed by atoms with Gasteiger partial charge in [0.15, 0.2) is 5.65 Å². The third kappa shape index (κ3) is 4.62. The predicted octanol–water partition coefficient (Wildman–Crippen LogP) is 3.83. The molecule has 0 saturated heterocycles. The standard InChI is InChI=1S/C21H27N5O3S/c1-6-29-21(28)23-8-7-22-20(27)16-10-18(15-9-13(4)30-14(15)5)25-19-17(16)11-24-26(19)12(2)3/h9-12H,6-8H2,1-5H3,(H,22,27)(H,23,28). The zero-order valence-electron chi connectivity index (χ0n) is 17.9. The van der Waals surface area contributed by atoms with Crippen LogP contribution in [0, 0.1) is 13.8 Å². The van der Waals surface area contributed by atoms with Gasteiger partial charge in [0.25, 0.3) is 5.91 Å². The molecule has 2 N–H and O–H groups in total. The Bertz CT molecular complexity index is 1070. The summed E-state index contributed by atoms with van der Waals surface area (Å²) in [5.41, 5.74) is 2.97. The van der Waals surface area contributed by atoms with Crippen molar-refractivity contribution in [2.45, 2.75) is 40.7 Å². The maximum Gasteiger partial charge on any atom is 0.407 e. The highest BCUT2D eigenvalue weighted by Crippen LogP contribution is 2.32. The smallest absolute Gasteiger partial charge is 0.407 e. The van der Waals surface area contributed by atoms with Crippen molar-refractivity contribution in [1.29, 1.82) is 0 Å². The van der Waals surface area contributed by atoms with E-state index in [9.17, 15) is 9.59 Å². The van der Waals surface area contributed by atoms with Gasteiger partial charge in [-0.15, -0.1) is 11.3 Å². The Hall–Kier alpha value is -2.94. The molecular formula is C21H27N5O3S. The van der Waals surface area contributed by atoms with Crippen LogP contribution in [0.4, 0.5) is 4.79 Å². The van der Waals surface area contributed by atoms with Crippen molar-refractivity contribution >= 4 is 34.4 Å². The second-order valence-corrected chi connectivity index (χ2v) is 8.67. The number of hydrogen-bond acceptors (Lipinski definition) is 6. The molecule has 0 aliphatic rings. The molecule has 0 aliphatic heterocycles. The van der Waals surface area contributed by atoms with Crippen molar-refractivity contribution in [2.75, 3.05) is 19.7 Å². The van der Waals surface area contributed by atoms with Crippen LogP contribution in [0.15, 0.2) is 18.3 Å². The number of aryl methyl sites for hydroxylation is 2. The Morgan fingerprint density at radius 3 is 2.57 bits per heavy atom. The second-order valence-electron chi connectivity index (χ2n) is 7.21. The number of nitrogens with one attached hydrogen (secondary N) is 2. The Kier molecular flexibility index (Phi) is 6.71. The van der Waals surface area contributed by atoms with Crippen LogP contribution in [-0.2, 0) is 4.74 Å². The van der Waals surface area contributed by atoms with Crippen LogP contribution in [0.2, 0.25) is 0 Å². The Labute approximate surface area is 179 Å². The molecule has 3 rings (SSSR count). The first-order chi connectivity index (χ1) is 14.3. The summed E-state index contributed by atoms with van der Waals surface area (Å²) in [6.45, 7) is 10.8. The number of hydrogen-bond donors (Lipinski definition) is 2. The Morgan fingerprint density at radius 2 is 1.93 bits per heavy atom. The van der Waals surface area contributed by atoms with E-state index in [0.29, 0.717) is 23.2 Å². The number of thiophene rings is 1. The van der Waals surface area contributed by atoms with Crippen LogP contribution in [-0.4, -0.2) is 46.5 Å². The minimum Gasteiger partial charge on any atom is -0.450 e. The third-order valence-corrected chi connectivity index (χ3v) is 5.54. The number of pyridine rings is 1. The summed E-state index contributed by atoms with van der Waals surface area (Å²) in [5, 5.41) is 10.6. The van der Waals surface area contributed by atoms with E-state index in [4.69, 9.17) is 9.72 Å². The zero-order valence-corrected chi connectivity index (χ0v) is 18.7. The molecule has 0 fully saturated rings. The van der Waals surface area contributed by atoms with Crippen LogP contribution in [0.25, 0.3) is 22.3 Å². The SMILES string of the molecule is CCOC(=O)NCCNC(=O)c1cc(-c2cc(C)sc2C)nc2c1cnn2C(C)C. The van der Waals surface area contributed by atoms with E-state index in [1.807, 2.05) is 24.6 Å². The zero-order chi connectivity index (χ0) is 21.8. The summed E-state index contributed by atoms with van der Waals surface area (Å²) < 4.78 is 6.64. The first kappa shape index (κ1) is 21.8. The summed E-state index contributed by atoms with van der Waals surface area (Å²) in [7, 11) is 0. The molecule has 0 atom stereocenters. The molecule has 0 radical (unpaired) electrons. The normalized spacial score (nSPS) is 11.1. The molecule has 0 bridgehead atoms. The van der Waals surface area contributed by atoms with Gasteiger partial charge in [-0.05, 0) is 46.8 Å². The fourth-order valence-corrected chi connectivity index (χ4v) is 4.16. The number of rotatable bonds is 7. The van der Waals surface area contributed by atoms with Crippen molar-refractivity contribution in [3.63, 3.8) is 0 Å². The molecule has 3 aromatic rings. The number of ether oxygens (including phenoxy) is 1. The van der Waals surface area contributed by atoms with Crippen molar-refractivity contribution in [3.05, 3.63) is 33.6 Å². The van der Waals surface area contributed by atoms with E-state index < -0.39 is 6.09 Å². The van der Waals surface area contributed by atoms with Crippen LogP contribution >= 0.6 is 11.3 Å². The molecule has 8 nitrogen and oxygen atoms in total. The van der Waals surface area contributed by atoms with E-state index in [2.05, 4.69) is 35.6 Å². The highest BCUT2D eigenvalue weighted by atomic mass is 32.1. The molecule has 2 amide bonds. The third-order valence-electron chi connectivity index (χ3n) is 4.57. The summed E-state index contributed by atoms with van der Waals surface area (Å²) in [4.78, 5) is 31.5. The van der Waals surface area contributed by atoms with E-state index in [1.54, 1.807) is 24.5 Å². The van der Waals surface area contributed by atoms with Gasteiger partial charge in [0.2, 0.25) is 0 Å². The maximum absolute atomic E-state index is 13.0. The minimum atomic E-state index is -0.498. The maximum atomic E-state index is 13.0. The molecule has 0 aromatic carbocycles. The molecule has 0 aliphatic carbocycles. The number of carbonyl (C=O) groups excluding carboxylic acids is 2. The average molecular weight is 430 g/mol. The Balaban J connectivity index is 1.91. The monoisotopic (exact) mass is 429 g/mol. The van der Waals surface area contributed by atoms with Gasteiger partial charge in [-0.2, -0.15) is 5.10 Å². The van der Waals surface area contributed by atoms with Gasteiger partial charge in [0.05, 0.1) is 29.4 Å². The van der Waals surface area contributed by atoms with Gasteiger partial charge < -0.3 is 15.4 Å². The lowest BCUT2D eigenvalue weighted by atomic mass is 10.1. The van der Waals surface area contributed by atoms with Crippen LogP contribution < -0.4 is 10.6 Å². The number of fused-ring (bicyclic) bond motifs is 1. The molecule has 0 spiro atoms. The summed E-state index contributed by atoms with van der Waals surface area (Å²) in [6.07, 6.45) is 1.19. The topological polar surface area (TPSA) is 98.1 Å². The number of alkyl carbamates (subject to hydrolysis) is 1. The quantitative estimate of drug-likeness (QED) is 0.556. The lowest BCUT2D eigenvalue weighted by Crippen LogP contribution is -2.35. The summed E-state index contributed by atoms with van der Waals surface area (Å²) >= 11 is 1.70. The van der Waals surface area contributed by atoms with Gasteiger partial charge in [-0.3, -0.25) is 4.79 Å². The van der Waals surface area contributed by atoms with Gasteiger partial charge in [-0.1, -0.05) is 0 Å². The van der Waals surface area contributed by atoms with E-state index in [-0.39, 0.29) is 25.0 Å². The van der Waals surface area contributed by atoms with Crippen LogP contribution in [0.3, 0.4) is 0 Å². The van der Waals surface area contributed by atoms with E-state index in [1.165, 1.54) is 4.88 Å². The lowest BCUT2D eigenvalue weighted by Gasteiger charge is -2.11. The molecule has 30 heavy (non-hydrogen) atoms. The second kappa shape index (κ2) is 9.25. The minimum absolute atomic E-state index is 0.111. The molecule has 0 unspecified atom stereocenters.